The molecule has 2 aromatic rings. The van der Waals surface area contributed by atoms with E-state index in [2.05, 4.69) is 20.4 Å². The Labute approximate surface area is 117 Å². The molecule has 1 N–H and O–H groups in total. The van der Waals surface area contributed by atoms with Crippen molar-refractivity contribution in [1.82, 2.24) is 19.7 Å². The Bertz CT molecular complexity index is 598. The van der Waals surface area contributed by atoms with Gasteiger partial charge in [0.1, 0.15) is 5.60 Å². The number of aromatic nitrogens is 4. The van der Waals surface area contributed by atoms with Gasteiger partial charge in [-0.15, -0.1) is 0 Å². The number of hydrogen-bond donors (Lipinski definition) is 1. The molecule has 7 nitrogen and oxygen atoms in total. The van der Waals surface area contributed by atoms with Gasteiger partial charge in [0.25, 0.3) is 0 Å². The molecule has 20 heavy (non-hydrogen) atoms. The molecule has 0 atom stereocenters. The lowest BCUT2D eigenvalue weighted by atomic mass is 10.2. The van der Waals surface area contributed by atoms with Crippen LogP contribution in [0.4, 0.5) is 10.5 Å². The molecule has 106 valence electrons. The zero-order chi connectivity index (χ0) is 14.8. The molecule has 0 bridgehead atoms. The van der Waals surface area contributed by atoms with Crippen molar-refractivity contribution >= 4 is 11.8 Å². The molecule has 0 saturated heterocycles. The van der Waals surface area contributed by atoms with Crippen LogP contribution in [0.25, 0.3) is 11.4 Å². The van der Waals surface area contributed by atoms with Crippen molar-refractivity contribution in [2.24, 2.45) is 7.05 Å². The van der Waals surface area contributed by atoms with Crippen molar-refractivity contribution in [3.05, 3.63) is 24.8 Å². The van der Waals surface area contributed by atoms with Crippen LogP contribution in [0.15, 0.2) is 24.8 Å². The van der Waals surface area contributed by atoms with E-state index in [-0.39, 0.29) is 0 Å². The van der Waals surface area contributed by atoms with Gasteiger partial charge < -0.3 is 4.74 Å². The summed E-state index contributed by atoms with van der Waals surface area (Å²) >= 11 is 0. The number of amides is 1. The molecule has 2 heterocycles. The van der Waals surface area contributed by atoms with E-state index in [0.29, 0.717) is 11.5 Å². The standard InChI is InChI=1S/C13H17N5O2/c1-13(2,3)20-12(19)17-10-6-14-11(15-7-10)9-5-16-18(4)8-9/h5-8H,1-4H3,(H,17,19). The number of aryl methyl sites for hydroxylation is 1. The van der Waals surface area contributed by atoms with Crippen LogP contribution in [0.2, 0.25) is 0 Å². The van der Waals surface area contributed by atoms with E-state index in [4.69, 9.17) is 4.74 Å². The summed E-state index contributed by atoms with van der Waals surface area (Å²) in [5.74, 6) is 0.549. The third kappa shape index (κ3) is 3.78. The van der Waals surface area contributed by atoms with Gasteiger partial charge in [0.2, 0.25) is 0 Å². The molecule has 0 fully saturated rings. The van der Waals surface area contributed by atoms with Gasteiger partial charge in [-0.1, -0.05) is 0 Å². The van der Waals surface area contributed by atoms with Crippen molar-refractivity contribution in [2.75, 3.05) is 5.32 Å². The summed E-state index contributed by atoms with van der Waals surface area (Å²) in [7, 11) is 1.82. The molecule has 2 aromatic heterocycles. The fourth-order valence-corrected chi connectivity index (χ4v) is 1.50. The number of hydrogen-bond acceptors (Lipinski definition) is 5. The van der Waals surface area contributed by atoms with Crippen LogP contribution in [0, 0.1) is 0 Å². The van der Waals surface area contributed by atoms with E-state index in [1.807, 2.05) is 13.2 Å². The molecular weight excluding hydrogens is 258 g/mol. The Balaban J connectivity index is 2.03. The van der Waals surface area contributed by atoms with E-state index < -0.39 is 11.7 Å². The van der Waals surface area contributed by atoms with Gasteiger partial charge in [0.05, 0.1) is 29.8 Å². The Kier molecular flexibility index (Phi) is 3.69. The SMILES string of the molecule is Cn1cc(-c2ncc(NC(=O)OC(C)(C)C)cn2)cn1. The zero-order valence-corrected chi connectivity index (χ0v) is 11.9. The molecule has 0 aliphatic carbocycles. The van der Waals surface area contributed by atoms with Crippen molar-refractivity contribution in [2.45, 2.75) is 26.4 Å². The Morgan fingerprint density at radius 2 is 1.90 bits per heavy atom. The Morgan fingerprint density at radius 3 is 2.40 bits per heavy atom. The zero-order valence-electron chi connectivity index (χ0n) is 11.9. The van der Waals surface area contributed by atoms with E-state index in [1.165, 1.54) is 12.4 Å². The van der Waals surface area contributed by atoms with Gasteiger partial charge in [-0.2, -0.15) is 5.10 Å². The number of nitrogens with one attached hydrogen (secondary N) is 1. The summed E-state index contributed by atoms with van der Waals surface area (Å²) in [5, 5.41) is 6.63. The van der Waals surface area contributed by atoms with Gasteiger partial charge in [-0.25, -0.2) is 14.8 Å². The summed E-state index contributed by atoms with van der Waals surface area (Å²) < 4.78 is 6.81. The van der Waals surface area contributed by atoms with Gasteiger partial charge in [0.15, 0.2) is 5.82 Å². The summed E-state index contributed by atoms with van der Waals surface area (Å²) in [6, 6.07) is 0. The number of anilines is 1. The fourth-order valence-electron chi connectivity index (χ4n) is 1.50. The first kappa shape index (κ1) is 14.0. The highest BCUT2D eigenvalue weighted by atomic mass is 16.6. The van der Waals surface area contributed by atoms with Crippen LogP contribution in [0.1, 0.15) is 20.8 Å². The first-order valence-electron chi connectivity index (χ1n) is 6.14. The molecular formula is C13H17N5O2. The van der Waals surface area contributed by atoms with Crippen molar-refractivity contribution in [1.29, 1.82) is 0 Å². The van der Waals surface area contributed by atoms with E-state index >= 15 is 0 Å². The smallest absolute Gasteiger partial charge is 0.412 e. The van der Waals surface area contributed by atoms with E-state index in [9.17, 15) is 4.79 Å². The lowest BCUT2D eigenvalue weighted by Gasteiger charge is -2.19. The van der Waals surface area contributed by atoms with Crippen LogP contribution >= 0.6 is 0 Å². The minimum atomic E-state index is -0.541. The van der Waals surface area contributed by atoms with Crippen LogP contribution in [0.3, 0.4) is 0 Å². The number of carbonyl (C=O) groups excluding carboxylic acids is 1. The maximum atomic E-state index is 11.6. The van der Waals surface area contributed by atoms with Gasteiger partial charge >= 0.3 is 6.09 Å². The lowest BCUT2D eigenvalue weighted by Crippen LogP contribution is -2.27. The normalized spacial score (nSPS) is 11.2. The van der Waals surface area contributed by atoms with Gasteiger partial charge in [0, 0.05) is 13.2 Å². The Morgan fingerprint density at radius 1 is 1.25 bits per heavy atom. The van der Waals surface area contributed by atoms with Crippen molar-refractivity contribution < 1.29 is 9.53 Å². The monoisotopic (exact) mass is 275 g/mol. The second-order valence-electron chi connectivity index (χ2n) is 5.32. The van der Waals surface area contributed by atoms with Gasteiger partial charge in [-0.3, -0.25) is 10.00 Å². The van der Waals surface area contributed by atoms with Crippen LogP contribution in [-0.2, 0) is 11.8 Å². The quantitative estimate of drug-likeness (QED) is 0.908. The second-order valence-corrected chi connectivity index (χ2v) is 5.32. The molecule has 0 radical (unpaired) electrons. The molecule has 2 rings (SSSR count). The maximum absolute atomic E-state index is 11.6. The largest absolute Gasteiger partial charge is 0.444 e. The number of rotatable bonds is 2. The second kappa shape index (κ2) is 5.28. The number of ether oxygens (including phenoxy) is 1. The average Bonchev–Trinajstić information content (AvgIpc) is 2.74. The molecule has 0 aliphatic rings. The first-order chi connectivity index (χ1) is 9.33. The van der Waals surface area contributed by atoms with Crippen molar-refractivity contribution in [3.63, 3.8) is 0 Å². The lowest BCUT2D eigenvalue weighted by molar-refractivity contribution is 0.0636. The van der Waals surface area contributed by atoms with Crippen molar-refractivity contribution in [3.8, 4) is 11.4 Å². The third-order valence-corrected chi connectivity index (χ3v) is 2.26. The highest BCUT2D eigenvalue weighted by Crippen LogP contribution is 2.15. The van der Waals surface area contributed by atoms with Crippen LogP contribution in [0.5, 0.6) is 0 Å². The van der Waals surface area contributed by atoms with E-state index in [1.54, 1.807) is 31.6 Å². The number of nitrogens with zero attached hydrogens (tertiary/aromatic N) is 4. The molecule has 0 aromatic carbocycles. The number of carbonyl (C=O) groups is 1. The predicted molar refractivity (Wildman–Crippen MR) is 74.1 cm³/mol. The summed E-state index contributed by atoms with van der Waals surface area (Å²) in [4.78, 5) is 19.9. The molecule has 0 unspecified atom stereocenters. The summed E-state index contributed by atoms with van der Waals surface area (Å²) in [5.41, 5.74) is 0.754. The highest BCUT2D eigenvalue weighted by Gasteiger charge is 2.16. The summed E-state index contributed by atoms with van der Waals surface area (Å²) in [6.45, 7) is 5.40. The minimum absolute atomic E-state index is 0.479. The third-order valence-electron chi connectivity index (χ3n) is 2.26. The fraction of sp³-hybridized carbons (Fsp3) is 0.385. The first-order valence-corrected chi connectivity index (χ1v) is 6.14. The topological polar surface area (TPSA) is 81.9 Å². The van der Waals surface area contributed by atoms with Crippen LogP contribution < -0.4 is 5.32 Å². The minimum Gasteiger partial charge on any atom is -0.444 e. The van der Waals surface area contributed by atoms with Crippen LogP contribution in [-0.4, -0.2) is 31.4 Å². The molecule has 1 amide bonds. The Hall–Kier alpha value is -2.44. The highest BCUT2D eigenvalue weighted by molar-refractivity contribution is 5.84. The van der Waals surface area contributed by atoms with Gasteiger partial charge in [-0.05, 0) is 20.8 Å². The summed E-state index contributed by atoms with van der Waals surface area (Å²) in [6.07, 6.45) is 6.01. The average molecular weight is 275 g/mol. The molecule has 0 saturated carbocycles. The predicted octanol–water partition coefficient (Wildman–Crippen LogP) is 2.22. The maximum Gasteiger partial charge on any atom is 0.412 e. The van der Waals surface area contributed by atoms with E-state index in [0.717, 1.165) is 5.56 Å². The molecule has 0 spiro atoms. The molecule has 7 heteroatoms. The molecule has 0 aliphatic heterocycles.